The van der Waals surface area contributed by atoms with E-state index < -0.39 is 0 Å². The second-order valence-corrected chi connectivity index (χ2v) is 2.87. The normalized spacial score (nSPS) is 10.1. The number of halogens is 2. The molecule has 1 rings (SSSR count). The van der Waals surface area contributed by atoms with E-state index in [0.717, 1.165) is 0 Å². The molecule has 60 valence electrons. The molecule has 2 N–H and O–H groups in total. The highest BCUT2D eigenvalue weighted by Gasteiger charge is 2.04. The highest BCUT2D eigenvalue weighted by molar-refractivity contribution is 9.10. The Hall–Kier alpha value is -0.450. The first-order chi connectivity index (χ1) is 5.25. The fourth-order valence-electron chi connectivity index (χ4n) is 0.754. The van der Waals surface area contributed by atoms with E-state index in [1.54, 1.807) is 12.1 Å². The van der Waals surface area contributed by atoms with Crippen molar-refractivity contribution in [1.82, 2.24) is 0 Å². The summed E-state index contributed by atoms with van der Waals surface area (Å²) in [6.07, 6.45) is 0. The maximum absolute atomic E-state index is 12.9. The van der Waals surface area contributed by atoms with Crippen LogP contribution in [0.4, 0.5) is 4.39 Å². The number of hydrogen-bond acceptors (Lipinski definition) is 2. The van der Waals surface area contributed by atoms with Gasteiger partial charge in [0.2, 0.25) is 0 Å². The molecule has 11 heavy (non-hydrogen) atoms. The van der Waals surface area contributed by atoms with Gasteiger partial charge in [-0.05, 0) is 12.1 Å². The smallest absolute Gasteiger partial charge is 0.129 e. The van der Waals surface area contributed by atoms with E-state index in [4.69, 9.17) is 5.90 Å². The molecule has 0 heterocycles. The average Bonchev–Trinajstić information content (AvgIpc) is 1.97. The largest absolute Gasteiger partial charge is 0.300 e. The lowest BCUT2D eigenvalue weighted by molar-refractivity contribution is 0.121. The molecule has 0 unspecified atom stereocenters. The number of nitrogens with two attached hydrogens (primary N) is 1. The summed E-state index contributed by atoms with van der Waals surface area (Å²) in [5.74, 6) is 4.50. The minimum Gasteiger partial charge on any atom is -0.300 e. The third-order valence-electron chi connectivity index (χ3n) is 1.29. The van der Waals surface area contributed by atoms with Gasteiger partial charge >= 0.3 is 0 Å². The zero-order valence-corrected chi connectivity index (χ0v) is 7.27. The van der Waals surface area contributed by atoms with Crippen LogP contribution in [0.3, 0.4) is 0 Å². The van der Waals surface area contributed by atoms with Crippen molar-refractivity contribution in [2.45, 2.75) is 6.61 Å². The minimum atomic E-state index is -0.315. The minimum absolute atomic E-state index is 0.0766. The van der Waals surface area contributed by atoms with Crippen LogP contribution in [0.5, 0.6) is 0 Å². The van der Waals surface area contributed by atoms with Gasteiger partial charge in [0, 0.05) is 10.0 Å². The molecule has 1 aromatic carbocycles. The first-order valence-corrected chi connectivity index (χ1v) is 3.79. The Morgan fingerprint density at radius 2 is 2.27 bits per heavy atom. The van der Waals surface area contributed by atoms with Crippen molar-refractivity contribution in [1.29, 1.82) is 0 Å². The molecule has 2 nitrogen and oxygen atoms in total. The average molecular weight is 220 g/mol. The highest BCUT2D eigenvalue weighted by Crippen LogP contribution is 2.19. The van der Waals surface area contributed by atoms with Crippen LogP contribution >= 0.6 is 15.9 Å². The van der Waals surface area contributed by atoms with Crippen molar-refractivity contribution in [3.05, 3.63) is 34.1 Å². The van der Waals surface area contributed by atoms with Crippen LogP contribution in [0.15, 0.2) is 22.7 Å². The molecule has 0 fully saturated rings. The lowest BCUT2D eigenvalue weighted by atomic mass is 10.2. The third-order valence-corrected chi connectivity index (χ3v) is 2.03. The lowest BCUT2D eigenvalue weighted by Gasteiger charge is -2.02. The second-order valence-electron chi connectivity index (χ2n) is 2.01. The summed E-state index contributed by atoms with van der Waals surface area (Å²) in [6, 6.07) is 4.70. The van der Waals surface area contributed by atoms with Crippen LogP contribution in [0.1, 0.15) is 5.56 Å². The van der Waals surface area contributed by atoms with E-state index in [0.29, 0.717) is 10.0 Å². The van der Waals surface area contributed by atoms with Gasteiger partial charge in [-0.2, -0.15) is 0 Å². The topological polar surface area (TPSA) is 35.2 Å². The van der Waals surface area contributed by atoms with E-state index >= 15 is 0 Å². The molecule has 1 aromatic rings. The van der Waals surface area contributed by atoms with Crippen LogP contribution in [0.2, 0.25) is 0 Å². The number of benzene rings is 1. The molecular weight excluding hydrogens is 213 g/mol. The van der Waals surface area contributed by atoms with Crippen LogP contribution in [-0.4, -0.2) is 0 Å². The van der Waals surface area contributed by atoms with Crippen LogP contribution in [0.25, 0.3) is 0 Å². The van der Waals surface area contributed by atoms with Crippen molar-refractivity contribution in [3.8, 4) is 0 Å². The van der Waals surface area contributed by atoms with Crippen LogP contribution in [-0.2, 0) is 11.4 Å². The van der Waals surface area contributed by atoms with Gasteiger partial charge in [0.15, 0.2) is 0 Å². The lowest BCUT2D eigenvalue weighted by Crippen LogP contribution is -2.01. The summed E-state index contributed by atoms with van der Waals surface area (Å²) < 4.78 is 13.5. The van der Waals surface area contributed by atoms with E-state index in [1.807, 2.05) is 0 Å². The molecule has 0 aliphatic carbocycles. The molecule has 0 spiro atoms. The Labute approximate surface area is 72.2 Å². The van der Waals surface area contributed by atoms with E-state index in [-0.39, 0.29) is 12.4 Å². The Morgan fingerprint density at radius 3 is 2.82 bits per heavy atom. The van der Waals surface area contributed by atoms with Crippen LogP contribution in [0, 0.1) is 5.82 Å². The highest BCUT2D eigenvalue weighted by atomic mass is 79.9. The fraction of sp³-hybridized carbons (Fsp3) is 0.143. The third kappa shape index (κ3) is 1.99. The van der Waals surface area contributed by atoms with Gasteiger partial charge in [0.1, 0.15) is 5.82 Å². The zero-order chi connectivity index (χ0) is 8.27. The van der Waals surface area contributed by atoms with Crippen molar-refractivity contribution in [3.63, 3.8) is 0 Å². The molecule has 0 saturated carbocycles. The standard InChI is InChI=1S/C7H7BrFNO/c8-6-2-1-3-7(9)5(6)4-11-10/h1-3H,4,10H2. The van der Waals surface area contributed by atoms with E-state index in [2.05, 4.69) is 20.8 Å². The van der Waals surface area contributed by atoms with Gasteiger partial charge < -0.3 is 0 Å². The van der Waals surface area contributed by atoms with E-state index in [1.165, 1.54) is 6.07 Å². The van der Waals surface area contributed by atoms with Gasteiger partial charge in [-0.25, -0.2) is 10.3 Å². The van der Waals surface area contributed by atoms with Crippen molar-refractivity contribution in [2.75, 3.05) is 0 Å². The summed E-state index contributed by atoms with van der Waals surface area (Å²) in [6.45, 7) is 0.0766. The molecule has 0 aliphatic heterocycles. The molecule has 0 saturated heterocycles. The molecule has 0 atom stereocenters. The summed E-state index contributed by atoms with van der Waals surface area (Å²) in [7, 11) is 0. The molecule has 0 aromatic heterocycles. The first kappa shape index (κ1) is 8.64. The maximum atomic E-state index is 12.9. The molecule has 4 heteroatoms. The van der Waals surface area contributed by atoms with Gasteiger partial charge in [0.05, 0.1) is 6.61 Å². The Balaban J connectivity index is 3.00. The zero-order valence-electron chi connectivity index (χ0n) is 5.68. The Kier molecular flexibility index (Phi) is 2.99. The molecular formula is C7H7BrFNO. The van der Waals surface area contributed by atoms with Gasteiger partial charge in [-0.3, -0.25) is 4.84 Å². The van der Waals surface area contributed by atoms with Gasteiger partial charge in [0.25, 0.3) is 0 Å². The maximum Gasteiger partial charge on any atom is 0.129 e. The first-order valence-electron chi connectivity index (χ1n) is 3.00. The Morgan fingerprint density at radius 1 is 1.55 bits per heavy atom. The molecule has 0 aliphatic rings. The summed E-state index contributed by atoms with van der Waals surface area (Å²) >= 11 is 3.17. The predicted octanol–water partition coefficient (Wildman–Crippen LogP) is 1.98. The van der Waals surface area contributed by atoms with Crippen molar-refractivity contribution in [2.24, 2.45) is 5.90 Å². The van der Waals surface area contributed by atoms with Crippen molar-refractivity contribution >= 4 is 15.9 Å². The fourth-order valence-corrected chi connectivity index (χ4v) is 1.21. The quantitative estimate of drug-likeness (QED) is 0.773. The molecule has 0 radical (unpaired) electrons. The van der Waals surface area contributed by atoms with Gasteiger partial charge in [-0.1, -0.05) is 22.0 Å². The van der Waals surface area contributed by atoms with Crippen molar-refractivity contribution < 1.29 is 9.23 Å². The SMILES string of the molecule is NOCc1c(F)cccc1Br. The second kappa shape index (κ2) is 3.80. The number of rotatable bonds is 2. The van der Waals surface area contributed by atoms with E-state index in [9.17, 15) is 4.39 Å². The monoisotopic (exact) mass is 219 g/mol. The summed E-state index contributed by atoms with van der Waals surface area (Å²) in [5, 5.41) is 0. The Bertz CT molecular complexity index is 234. The van der Waals surface area contributed by atoms with Gasteiger partial charge in [-0.15, -0.1) is 0 Å². The summed E-state index contributed by atoms with van der Waals surface area (Å²) in [4.78, 5) is 4.32. The van der Waals surface area contributed by atoms with Crippen LogP contribution < -0.4 is 5.90 Å². The molecule has 0 amide bonds. The molecule has 0 bridgehead atoms. The summed E-state index contributed by atoms with van der Waals surface area (Å²) in [5.41, 5.74) is 0.440. The number of hydrogen-bond donors (Lipinski definition) is 1. The predicted molar refractivity (Wildman–Crippen MR) is 43.1 cm³/mol.